The molecule has 0 spiro atoms. The van der Waals surface area contributed by atoms with Crippen LogP contribution >= 0.6 is 11.3 Å². The molecule has 7 heteroatoms. The average Bonchev–Trinajstić information content (AvgIpc) is 3.29. The quantitative estimate of drug-likeness (QED) is 0.490. The first kappa shape index (κ1) is 18.8. The molecule has 30 heavy (non-hydrogen) atoms. The Morgan fingerprint density at radius 3 is 2.60 bits per heavy atom. The zero-order valence-corrected chi connectivity index (χ0v) is 17.5. The zero-order valence-electron chi connectivity index (χ0n) is 16.6. The number of fused-ring (bicyclic) bond motifs is 3. The number of nitriles is 1. The number of methoxy groups -OCH3 is 1. The van der Waals surface area contributed by atoms with E-state index in [4.69, 9.17) is 10.00 Å². The summed E-state index contributed by atoms with van der Waals surface area (Å²) in [5.74, 6) is 3.17. The highest BCUT2D eigenvalue weighted by Gasteiger charge is 2.23. The maximum Gasteiger partial charge on any atom is 0.271 e. The maximum absolute atomic E-state index is 12.4. The smallest absolute Gasteiger partial charge is 0.271 e. The summed E-state index contributed by atoms with van der Waals surface area (Å²) < 4.78 is 6.44. The van der Waals surface area contributed by atoms with Crippen molar-refractivity contribution in [2.45, 2.75) is 12.6 Å². The molecule has 1 aliphatic rings. The predicted molar refractivity (Wildman–Crippen MR) is 125 cm³/mol. The number of hydrogen-bond donors (Lipinski definition) is 1. The third-order valence-electron chi connectivity index (χ3n) is 5.97. The Morgan fingerprint density at radius 1 is 1.13 bits per heavy atom. The van der Waals surface area contributed by atoms with Gasteiger partial charge >= 0.3 is 0 Å². The minimum absolute atomic E-state index is 0.0558. The molecular weight excluding hydrogens is 393 g/mol. The topological polar surface area (TPSA) is 69.1 Å². The first-order chi connectivity index (χ1) is 14.7. The molecule has 0 atom stereocenters. The molecule has 4 aromatic rings. The largest absolute Gasteiger partial charge is 0.496 e. The molecule has 5 rings (SSSR count). The van der Waals surface area contributed by atoms with Gasteiger partial charge in [0.25, 0.3) is 12.3 Å². The molecule has 5 nitrogen and oxygen atoms in total. The maximum atomic E-state index is 12.4. The highest BCUT2D eigenvalue weighted by atomic mass is 32.1. The van der Waals surface area contributed by atoms with E-state index in [1.807, 2.05) is 23.6 Å². The van der Waals surface area contributed by atoms with Gasteiger partial charge in [0.2, 0.25) is 0 Å². The van der Waals surface area contributed by atoms with Crippen molar-refractivity contribution in [3.8, 4) is 22.8 Å². The molecule has 0 radical (unpaired) electrons. The Balaban J connectivity index is 1.62. The molecule has 0 bridgehead atoms. The molecule has 0 unspecified atom stereocenters. The van der Waals surface area contributed by atoms with Crippen molar-refractivity contribution < 1.29 is 4.74 Å². The molecule has 1 saturated heterocycles. The van der Waals surface area contributed by atoms with E-state index in [1.165, 1.54) is 17.0 Å². The zero-order chi connectivity index (χ0) is 20.7. The lowest BCUT2D eigenvalue weighted by atomic mass is 9.45. The molecule has 2 aromatic heterocycles. The van der Waals surface area contributed by atoms with Gasteiger partial charge in [-0.3, -0.25) is 4.79 Å². The second-order valence-electron chi connectivity index (χ2n) is 7.62. The van der Waals surface area contributed by atoms with Gasteiger partial charge in [0.15, 0.2) is 0 Å². The first-order valence-corrected chi connectivity index (χ1v) is 10.9. The van der Waals surface area contributed by atoms with Gasteiger partial charge in [-0.25, -0.2) is 5.26 Å². The van der Waals surface area contributed by atoms with Crippen LogP contribution in [0.25, 0.3) is 32.1 Å². The Hall–Kier alpha value is -3.24. The van der Waals surface area contributed by atoms with Crippen molar-refractivity contribution in [1.82, 2.24) is 4.98 Å². The van der Waals surface area contributed by atoms with E-state index in [9.17, 15) is 4.79 Å². The number of nitrogens with one attached hydrogen (secondary N) is 1. The Morgan fingerprint density at radius 2 is 1.90 bits per heavy atom. The van der Waals surface area contributed by atoms with E-state index in [1.54, 1.807) is 7.11 Å². The summed E-state index contributed by atoms with van der Waals surface area (Å²) in [6, 6.07) is 14.3. The van der Waals surface area contributed by atoms with Crippen molar-refractivity contribution in [3.63, 3.8) is 0 Å². The fourth-order valence-corrected chi connectivity index (χ4v) is 5.19. The van der Waals surface area contributed by atoms with Crippen molar-refractivity contribution in [3.05, 3.63) is 58.2 Å². The summed E-state index contributed by atoms with van der Waals surface area (Å²) in [4.78, 5) is 17.8. The Bertz CT molecular complexity index is 1330. The van der Waals surface area contributed by atoms with E-state index >= 15 is 0 Å². The van der Waals surface area contributed by atoms with Crippen molar-refractivity contribution in [1.29, 1.82) is 5.26 Å². The van der Waals surface area contributed by atoms with Crippen LogP contribution < -0.4 is 15.2 Å². The molecule has 1 aliphatic heterocycles. The summed E-state index contributed by atoms with van der Waals surface area (Å²) in [6.45, 7) is 1.99. The summed E-state index contributed by atoms with van der Waals surface area (Å²) in [7, 11) is 1.68. The average molecular weight is 413 g/mol. The van der Waals surface area contributed by atoms with Crippen LogP contribution in [0.5, 0.6) is 5.75 Å². The van der Waals surface area contributed by atoms with Crippen LogP contribution in [0.15, 0.2) is 52.6 Å². The standard InChI is InChI=1S/C23H20BN3O2S/c1-29-19-7-6-18-21(17-8-13-30-22(17)23(28)26-18)20(19)15-2-4-16(5-3-15)27-11-9-24(14-25)10-12-27/h2-8,13H,9-12H2,1H3,(H,26,28). The molecule has 2 aromatic carbocycles. The van der Waals surface area contributed by atoms with E-state index in [0.29, 0.717) is 0 Å². The summed E-state index contributed by atoms with van der Waals surface area (Å²) in [5, 5.41) is 13.0. The number of hydrogen-bond acceptors (Lipinski definition) is 5. The van der Waals surface area contributed by atoms with E-state index in [2.05, 4.69) is 40.1 Å². The highest BCUT2D eigenvalue weighted by Crippen LogP contribution is 2.40. The second kappa shape index (κ2) is 7.54. The number of thiophene rings is 1. The minimum Gasteiger partial charge on any atom is -0.496 e. The van der Waals surface area contributed by atoms with E-state index in [0.717, 1.165) is 63.6 Å². The predicted octanol–water partition coefficient (Wildman–Crippen LogP) is 4.80. The van der Waals surface area contributed by atoms with Gasteiger partial charge in [-0.05, 0) is 53.9 Å². The molecule has 1 N–H and O–H groups in total. The Kier molecular flexibility index (Phi) is 4.72. The highest BCUT2D eigenvalue weighted by molar-refractivity contribution is 7.17. The van der Waals surface area contributed by atoms with Crippen LogP contribution in [0.3, 0.4) is 0 Å². The van der Waals surface area contributed by atoms with Crippen molar-refractivity contribution >= 4 is 44.7 Å². The first-order valence-electron chi connectivity index (χ1n) is 10.0. The third-order valence-corrected chi connectivity index (χ3v) is 6.89. The number of ether oxygens (including phenoxy) is 1. The van der Waals surface area contributed by atoms with Crippen LogP contribution in [0.1, 0.15) is 0 Å². The monoisotopic (exact) mass is 413 g/mol. The van der Waals surface area contributed by atoms with Gasteiger partial charge < -0.3 is 14.6 Å². The number of aromatic amines is 1. The number of rotatable bonds is 3. The molecule has 3 heterocycles. The number of H-pyrrole nitrogens is 1. The van der Waals surface area contributed by atoms with Gasteiger partial charge in [0, 0.05) is 46.6 Å². The molecule has 0 aliphatic carbocycles. The van der Waals surface area contributed by atoms with Gasteiger partial charge in [0.05, 0.1) is 7.11 Å². The number of aromatic nitrogens is 1. The minimum atomic E-state index is -0.0558. The van der Waals surface area contributed by atoms with Crippen LogP contribution in [-0.2, 0) is 0 Å². The molecule has 148 valence electrons. The van der Waals surface area contributed by atoms with Gasteiger partial charge in [-0.15, -0.1) is 11.3 Å². The van der Waals surface area contributed by atoms with Gasteiger partial charge in [-0.2, -0.15) is 0 Å². The van der Waals surface area contributed by atoms with Crippen LogP contribution in [0, 0.1) is 11.2 Å². The van der Waals surface area contributed by atoms with Crippen molar-refractivity contribution in [2.75, 3.05) is 25.1 Å². The molecular formula is C23H20BN3O2S. The normalized spacial score (nSPS) is 14.3. The van der Waals surface area contributed by atoms with Crippen LogP contribution in [0.4, 0.5) is 5.69 Å². The summed E-state index contributed by atoms with van der Waals surface area (Å²) in [5.41, 5.74) is 3.96. The molecule has 1 fully saturated rings. The Labute approximate surface area is 178 Å². The SMILES string of the molecule is COc1ccc2[nH]c(=O)c3sccc3c2c1-c1ccc(N2CCB(C#N)CC2)cc1. The fraction of sp³-hybridized carbons (Fsp3) is 0.217. The van der Waals surface area contributed by atoms with Crippen LogP contribution in [-0.4, -0.2) is 31.9 Å². The summed E-state index contributed by atoms with van der Waals surface area (Å²) in [6.07, 6.45) is 1.83. The lowest BCUT2D eigenvalue weighted by molar-refractivity contribution is 0.417. The molecule has 0 saturated carbocycles. The number of benzene rings is 2. The molecule has 0 amide bonds. The van der Waals surface area contributed by atoms with Gasteiger partial charge in [0.1, 0.15) is 10.4 Å². The lowest BCUT2D eigenvalue weighted by Crippen LogP contribution is -2.36. The number of pyridine rings is 1. The second-order valence-corrected chi connectivity index (χ2v) is 8.54. The van der Waals surface area contributed by atoms with Crippen LogP contribution in [0.2, 0.25) is 12.6 Å². The van der Waals surface area contributed by atoms with Gasteiger partial charge in [-0.1, -0.05) is 12.1 Å². The third kappa shape index (κ3) is 3.05. The van der Waals surface area contributed by atoms with E-state index < -0.39 is 0 Å². The van der Waals surface area contributed by atoms with E-state index in [-0.39, 0.29) is 12.3 Å². The van der Waals surface area contributed by atoms with Crippen molar-refractivity contribution in [2.24, 2.45) is 0 Å². The fourth-order valence-electron chi connectivity index (χ4n) is 4.39. The number of nitrogens with zero attached hydrogens (tertiary/aromatic N) is 2. The number of anilines is 1. The lowest BCUT2D eigenvalue weighted by Gasteiger charge is -2.30. The summed E-state index contributed by atoms with van der Waals surface area (Å²) >= 11 is 1.46.